The van der Waals surface area contributed by atoms with Crippen LogP contribution >= 0.6 is 11.3 Å². The Labute approximate surface area is 151 Å². The molecule has 1 aliphatic rings. The standard InChI is InChI=1S/C19H24N2O3S/c1-12-7-8-14(11-13(12)2)24-18(23)10-9-17(22)21-19-20-15-5-3-4-6-16(15)25-19/h3-6,12-14H,7-11H2,1-2H3,(H,20,21,22)/t12-,13-,14+/m0/s1. The normalized spacial score (nSPS) is 23.4. The largest absolute Gasteiger partial charge is 0.462 e. The van der Waals surface area contributed by atoms with E-state index in [2.05, 4.69) is 24.1 Å². The highest BCUT2D eigenvalue weighted by molar-refractivity contribution is 7.22. The number of hydrogen-bond acceptors (Lipinski definition) is 5. The fraction of sp³-hybridized carbons (Fsp3) is 0.526. The molecule has 2 aromatic rings. The molecule has 5 nitrogen and oxygen atoms in total. The first-order valence-corrected chi connectivity index (χ1v) is 9.68. The quantitative estimate of drug-likeness (QED) is 0.803. The van der Waals surface area contributed by atoms with Crippen molar-refractivity contribution in [3.63, 3.8) is 0 Å². The number of fused-ring (bicyclic) bond motifs is 1. The molecule has 3 atom stereocenters. The van der Waals surface area contributed by atoms with Crippen LogP contribution < -0.4 is 5.32 Å². The summed E-state index contributed by atoms with van der Waals surface area (Å²) in [6.45, 7) is 4.45. The molecule has 1 aromatic carbocycles. The molecule has 3 rings (SSSR count). The maximum atomic E-state index is 12.0. The van der Waals surface area contributed by atoms with Gasteiger partial charge in [0.05, 0.1) is 16.6 Å². The summed E-state index contributed by atoms with van der Waals surface area (Å²) < 4.78 is 6.55. The van der Waals surface area contributed by atoms with Crippen molar-refractivity contribution in [2.75, 3.05) is 5.32 Å². The summed E-state index contributed by atoms with van der Waals surface area (Å²) in [4.78, 5) is 28.4. The van der Waals surface area contributed by atoms with Gasteiger partial charge in [0.2, 0.25) is 5.91 Å². The molecule has 1 amide bonds. The number of ether oxygens (including phenoxy) is 1. The number of anilines is 1. The Morgan fingerprint density at radius 2 is 2.00 bits per heavy atom. The van der Waals surface area contributed by atoms with Gasteiger partial charge in [-0.2, -0.15) is 0 Å². The number of aromatic nitrogens is 1. The van der Waals surface area contributed by atoms with E-state index in [0.29, 0.717) is 17.0 Å². The lowest BCUT2D eigenvalue weighted by atomic mass is 9.80. The Kier molecular flexibility index (Phi) is 5.68. The molecule has 1 saturated carbocycles. The molecule has 0 unspecified atom stereocenters. The van der Waals surface area contributed by atoms with E-state index in [9.17, 15) is 9.59 Å². The van der Waals surface area contributed by atoms with Gasteiger partial charge < -0.3 is 10.1 Å². The zero-order chi connectivity index (χ0) is 17.8. The summed E-state index contributed by atoms with van der Waals surface area (Å²) in [5, 5.41) is 3.33. The molecule has 6 heteroatoms. The summed E-state index contributed by atoms with van der Waals surface area (Å²) in [6, 6.07) is 7.72. The zero-order valence-electron chi connectivity index (χ0n) is 14.7. The molecule has 0 spiro atoms. The third-order valence-electron chi connectivity index (χ3n) is 4.94. The first kappa shape index (κ1) is 17.9. The fourth-order valence-electron chi connectivity index (χ4n) is 3.17. The van der Waals surface area contributed by atoms with Crippen LogP contribution in [0.3, 0.4) is 0 Å². The molecule has 1 fully saturated rings. The van der Waals surface area contributed by atoms with Crippen molar-refractivity contribution in [2.24, 2.45) is 11.8 Å². The summed E-state index contributed by atoms with van der Waals surface area (Å²) in [5.74, 6) is 0.774. The summed E-state index contributed by atoms with van der Waals surface area (Å²) in [6.07, 6.45) is 3.17. The Hall–Kier alpha value is -1.95. The van der Waals surface area contributed by atoms with Gasteiger partial charge >= 0.3 is 5.97 Å². The van der Waals surface area contributed by atoms with E-state index >= 15 is 0 Å². The molecular formula is C19H24N2O3S. The zero-order valence-corrected chi connectivity index (χ0v) is 15.5. The van der Waals surface area contributed by atoms with Gasteiger partial charge in [-0.3, -0.25) is 9.59 Å². The van der Waals surface area contributed by atoms with Gasteiger partial charge in [-0.15, -0.1) is 0 Å². The first-order chi connectivity index (χ1) is 12.0. The van der Waals surface area contributed by atoms with Crippen LogP contribution in [0.4, 0.5) is 5.13 Å². The van der Waals surface area contributed by atoms with E-state index in [1.807, 2.05) is 24.3 Å². The van der Waals surface area contributed by atoms with Gasteiger partial charge in [-0.25, -0.2) is 4.98 Å². The molecular weight excluding hydrogens is 336 g/mol. The molecule has 0 saturated heterocycles. The van der Waals surface area contributed by atoms with Crippen LogP contribution in [0.25, 0.3) is 10.2 Å². The number of nitrogens with one attached hydrogen (secondary N) is 1. The van der Waals surface area contributed by atoms with Crippen molar-refractivity contribution < 1.29 is 14.3 Å². The lowest BCUT2D eigenvalue weighted by Crippen LogP contribution is -2.29. The molecule has 0 radical (unpaired) electrons. The van der Waals surface area contributed by atoms with Crippen molar-refractivity contribution in [2.45, 2.75) is 52.1 Å². The molecule has 0 bridgehead atoms. The van der Waals surface area contributed by atoms with Crippen LogP contribution in [0, 0.1) is 11.8 Å². The third kappa shape index (κ3) is 4.78. The van der Waals surface area contributed by atoms with Crippen molar-refractivity contribution in [1.29, 1.82) is 0 Å². The molecule has 25 heavy (non-hydrogen) atoms. The Morgan fingerprint density at radius 3 is 2.76 bits per heavy atom. The van der Waals surface area contributed by atoms with Crippen molar-refractivity contribution in [3.05, 3.63) is 24.3 Å². The Balaban J connectivity index is 1.43. The number of amides is 1. The van der Waals surface area contributed by atoms with E-state index in [4.69, 9.17) is 4.74 Å². The highest BCUT2D eigenvalue weighted by atomic mass is 32.1. The second kappa shape index (κ2) is 7.95. The van der Waals surface area contributed by atoms with Gasteiger partial charge in [0.15, 0.2) is 5.13 Å². The Bertz CT molecular complexity index is 725. The van der Waals surface area contributed by atoms with Crippen LogP contribution in [-0.2, 0) is 14.3 Å². The van der Waals surface area contributed by atoms with Gasteiger partial charge in [-0.1, -0.05) is 37.3 Å². The van der Waals surface area contributed by atoms with E-state index in [1.165, 1.54) is 11.3 Å². The number of thiazole rings is 1. The third-order valence-corrected chi connectivity index (χ3v) is 5.90. The lowest BCUT2D eigenvalue weighted by molar-refractivity contribution is -0.152. The van der Waals surface area contributed by atoms with E-state index in [-0.39, 0.29) is 30.8 Å². The summed E-state index contributed by atoms with van der Waals surface area (Å²) in [7, 11) is 0. The Morgan fingerprint density at radius 1 is 1.20 bits per heavy atom. The van der Waals surface area contributed by atoms with Crippen molar-refractivity contribution in [1.82, 2.24) is 4.98 Å². The molecule has 1 aromatic heterocycles. The number of rotatable bonds is 5. The SMILES string of the molecule is C[C@H]1CC[C@@H](OC(=O)CCC(=O)Nc2nc3ccccc3s2)C[C@@H]1C. The number of benzene rings is 1. The maximum Gasteiger partial charge on any atom is 0.306 e. The second-order valence-electron chi connectivity index (χ2n) is 6.91. The smallest absolute Gasteiger partial charge is 0.306 e. The van der Waals surface area contributed by atoms with Gasteiger partial charge in [-0.05, 0) is 43.2 Å². The van der Waals surface area contributed by atoms with Crippen LogP contribution in [0.2, 0.25) is 0 Å². The highest BCUT2D eigenvalue weighted by Crippen LogP contribution is 2.31. The van der Waals surface area contributed by atoms with Crippen LogP contribution in [0.15, 0.2) is 24.3 Å². The summed E-state index contributed by atoms with van der Waals surface area (Å²) >= 11 is 1.43. The van der Waals surface area contributed by atoms with Gasteiger partial charge in [0.25, 0.3) is 0 Å². The first-order valence-electron chi connectivity index (χ1n) is 8.86. The number of carbonyl (C=O) groups excluding carboxylic acids is 2. The number of esters is 1. The molecule has 1 heterocycles. The molecule has 0 aliphatic heterocycles. The predicted octanol–water partition coefficient (Wildman–Crippen LogP) is 4.38. The van der Waals surface area contributed by atoms with E-state index < -0.39 is 0 Å². The van der Waals surface area contributed by atoms with E-state index in [0.717, 1.165) is 29.5 Å². The molecule has 134 valence electrons. The van der Waals surface area contributed by atoms with Gasteiger partial charge in [0, 0.05) is 6.42 Å². The van der Waals surface area contributed by atoms with E-state index in [1.54, 1.807) is 0 Å². The number of carbonyl (C=O) groups is 2. The average molecular weight is 360 g/mol. The summed E-state index contributed by atoms with van der Waals surface area (Å²) in [5.41, 5.74) is 0.864. The van der Waals surface area contributed by atoms with Crippen LogP contribution in [-0.4, -0.2) is 23.0 Å². The number of hydrogen-bond donors (Lipinski definition) is 1. The predicted molar refractivity (Wildman–Crippen MR) is 99.5 cm³/mol. The lowest BCUT2D eigenvalue weighted by Gasteiger charge is -2.31. The topological polar surface area (TPSA) is 68.3 Å². The highest BCUT2D eigenvalue weighted by Gasteiger charge is 2.27. The van der Waals surface area contributed by atoms with Crippen LogP contribution in [0.5, 0.6) is 0 Å². The second-order valence-corrected chi connectivity index (χ2v) is 7.95. The average Bonchev–Trinajstić information content (AvgIpc) is 2.98. The monoisotopic (exact) mass is 360 g/mol. The number of para-hydroxylation sites is 1. The number of nitrogens with zero attached hydrogens (tertiary/aromatic N) is 1. The minimum atomic E-state index is -0.286. The fourth-order valence-corrected chi connectivity index (χ4v) is 4.06. The maximum absolute atomic E-state index is 12.0. The van der Waals surface area contributed by atoms with Gasteiger partial charge in [0.1, 0.15) is 6.10 Å². The molecule has 1 aliphatic carbocycles. The minimum Gasteiger partial charge on any atom is -0.462 e. The minimum absolute atomic E-state index is 0.00558. The molecule has 1 N–H and O–H groups in total. The van der Waals surface area contributed by atoms with Crippen molar-refractivity contribution >= 4 is 38.6 Å². The van der Waals surface area contributed by atoms with Crippen LogP contribution in [0.1, 0.15) is 46.0 Å². The van der Waals surface area contributed by atoms with Crippen molar-refractivity contribution in [3.8, 4) is 0 Å².